The molecule has 1 aromatic carbocycles. The maximum absolute atomic E-state index is 12.2. The molecule has 0 bridgehead atoms. The van der Waals surface area contributed by atoms with Crippen LogP contribution in [0.4, 0.5) is 17.8 Å². The van der Waals surface area contributed by atoms with E-state index in [2.05, 4.69) is 20.3 Å². The number of piperazine rings is 1. The van der Waals surface area contributed by atoms with Gasteiger partial charge in [0.05, 0.1) is 19.1 Å². The van der Waals surface area contributed by atoms with Crippen LogP contribution < -0.4 is 26.6 Å². The number of anilines is 3. The normalized spacial score (nSPS) is 17.3. The highest BCUT2D eigenvalue weighted by atomic mass is 35.5. The number of nitrogens with zero attached hydrogens (tertiary/aromatic N) is 6. The summed E-state index contributed by atoms with van der Waals surface area (Å²) in [4.78, 5) is 42.5. The zero-order valence-corrected chi connectivity index (χ0v) is 21.8. The number of aromatic nitrogens is 3. The number of aliphatic hydroxyl groups excluding tert-OH is 2. The van der Waals surface area contributed by atoms with E-state index in [0.717, 1.165) is 5.56 Å². The van der Waals surface area contributed by atoms with Gasteiger partial charge in [0.1, 0.15) is 18.1 Å². The lowest BCUT2D eigenvalue weighted by atomic mass is 10.0. The Morgan fingerprint density at radius 1 is 1.27 bits per heavy atom. The lowest BCUT2D eigenvalue weighted by Gasteiger charge is -2.39. The molecule has 2 amide bonds. The molecule has 0 saturated carbocycles. The summed E-state index contributed by atoms with van der Waals surface area (Å²) < 4.78 is 0. The van der Waals surface area contributed by atoms with Gasteiger partial charge in [0.2, 0.25) is 29.7 Å². The minimum Gasteiger partial charge on any atom is -0.396 e. The van der Waals surface area contributed by atoms with Gasteiger partial charge in [-0.1, -0.05) is 29.8 Å². The summed E-state index contributed by atoms with van der Waals surface area (Å²) in [6, 6.07) is 5.86. The van der Waals surface area contributed by atoms with Crippen molar-refractivity contribution in [1.29, 1.82) is 0 Å². The predicted molar refractivity (Wildman–Crippen MR) is 140 cm³/mol. The van der Waals surface area contributed by atoms with Crippen molar-refractivity contribution in [2.45, 2.75) is 24.7 Å². The van der Waals surface area contributed by atoms with Crippen LogP contribution in [0.15, 0.2) is 24.3 Å². The van der Waals surface area contributed by atoms with Crippen LogP contribution >= 0.6 is 23.2 Å². The number of hydrogen-bond donors (Lipinski definition) is 5. The molecule has 37 heavy (non-hydrogen) atoms. The topological polar surface area (TPSA) is 187 Å². The van der Waals surface area contributed by atoms with E-state index < -0.39 is 30.1 Å². The van der Waals surface area contributed by atoms with Crippen LogP contribution in [0, 0.1) is 0 Å². The Morgan fingerprint density at radius 3 is 2.62 bits per heavy atom. The first-order chi connectivity index (χ1) is 17.6. The van der Waals surface area contributed by atoms with Gasteiger partial charge in [0.25, 0.3) is 0 Å². The maximum Gasteiger partial charge on any atom is 0.242 e. The summed E-state index contributed by atoms with van der Waals surface area (Å²) in [5.74, 6) is -0.751. The zero-order valence-electron chi connectivity index (χ0n) is 20.3. The number of primary amides is 1. The lowest BCUT2D eigenvalue weighted by molar-refractivity contribution is -0.137. The molecule has 202 valence electrons. The Morgan fingerprint density at radius 2 is 2.00 bits per heavy atom. The highest BCUT2D eigenvalue weighted by Gasteiger charge is 2.35. The molecule has 13 nitrogen and oxygen atoms in total. The molecule has 1 aliphatic rings. The van der Waals surface area contributed by atoms with E-state index in [-0.39, 0.29) is 50.0 Å². The predicted octanol–water partition coefficient (Wildman–Crippen LogP) is -0.485. The molecular weight excluding hydrogens is 525 g/mol. The molecule has 1 fully saturated rings. The molecule has 1 aromatic heterocycles. The van der Waals surface area contributed by atoms with Gasteiger partial charge >= 0.3 is 0 Å². The summed E-state index contributed by atoms with van der Waals surface area (Å²) in [6.07, 6.45) is -0.823. The van der Waals surface area contributed by atoms with Gasteiger partial charge in [-0.2, -0.15) is 15.0 Å². The highest BCUT2D eigenvalue weighted by Crippen LogP contribution is 2.29. The second kappa shape index (κ2) is 13.0. The van der Waals surface area contributed by atoms with Gasteiger partial charge in [-0.25, -0.2) is 0 Å². The van der Waals surface area contributed by atoms with E-state index in [1.54, 1.807) is 29.0 Å². The average Bonchev–Trinajstić information content (AvgIpc) is 2.87. The molecule has 7 N–H and O–H groups in total. The number of hydrogen-bond acceptors (Lipinski definition) is 11. The number of nitrogens with one attached hydrogen (secondary N) is 1. The average molecular weight is 556 g/mol. The second-order valence-electron chi connectivity index (χ2n) is 8.52. The van der Waals surface area contributed by atoms with E-state index in [9.17, 15) is 19.8 Å². The molecule has 3 rings (SSSR count). The van der Waals surface area contributed by atoms with Crippen LogP contribution in [0.2, 0.25) is 5.02 Å². The summed E-state index contributed by atoms with van der Waals surface area (Å²) in [5, 5.41) is 23.0. The standard InChI is InChI=1S/C22H31Cl2N9O4/c1-31(12-17(25)35)21-28-20(27-15(6-9-34)13-4-2-3-5-14(13)24)29-22(30-21)32-7-8-33(18(36)10-23)16(11-32)19(26)37/h2-5,15-17,34-35H,6-12,25H2,1H3,(H2,26,37)(H,27,28,29,30). The van der Waals surface area contributed by atoms with Gasteiger partial charge in [0.15, 0.2) is 0 Å². The largest absolute Gasteiger partial charge is 0.396 e. The van der Waals surface area contributed by atoms with Gasteiger partial charge < -0.3 is 41.7 Å². The van der Waals surface area contributed by atoms with Gasteiger partial charge in [-0.05, 0) is 18.1 Å². The van der Waals surface area contributed by atoms with Crippen molar-refractivity contribution in [3.8, 4) is 0 Å². The number of nitrogens with two attached hydrogens (primary N) is 2. The molecule has 15 heteroatoms. The molecule has 2 heterocycles. The summed E-state index contributed by atoms with van der Waals surface area (Å²) in [5.41, 5.74) is 11.9. The zero-order chi connectivity index (χ0) is 27.1. The molecule has 1 saturated heterocycles. The fourth-order valence-electron chi connectivity index (χ4n) is 4.02. The number of aliphatic hydroxyl groups is 2. The molecular formula is C22H31Cl2N9O4. The summed E-state index contributed by atoms with van der Waals surface area (Å²) in [6.45, 7) is 0.462. The fourth-order valence-corrected chi connectivity index (χ4v) is 4.45. The smallest absolute Gasteiger partial charge is 0.242 e. The van der Waals surface area contributed by atoms with Crippen molar-refractivity contribution >= 4 is 52.9 Å². The first-order valence-electron chi connectivity index (χ1n) is 11.6. The number of rotatable bonds is 11. The van der Waals surface area contributed by atoms with Gasteiger partial charge in [-0.15, -0.1) is 11.6 Å². The summed E-state index contributed by atoms with van der Waals surface area (Å²) in [7, 11) is 1.65. The van der Waals surface area contributed by atoms with E-state index in [1.807, 2.05) is 12.1 Å². The minimum atomic E-state index is -1.14. The van der Waals surface area contributed by atoms with E-state index in [4.69, 9.17) is 34.7 Å². The lowest BCUT2D eigenvalue weighted by Crippen LogP contribution is -2.60. The Labute approximate surface area is 224 Å². The molecule has 3 unspecified atom stereocenters. The minimum absolute atomic E-state index is 0.0371. The van der Waals surface area contributed by atoms with Crippen LogP contribution in [-0.2, 0) is 9.59 Å². The number of benzene rings is 1. The van der Waals surface area contributed by atoms with Gasteiger partial charge in [-0.3, -0.25) is 9.59 Å². The molecule has 0 spiro atoms. The van der Waals surface area contributed by atoms with Crippen molar-refractivity contribution in [3.63, 3.8) is 0 Å². The monoisotopic (exact) mass is 555 g/mol. The quantitative estimate of drug-likeness (QED) is 0.178. The van der Waals surface area contributed by atoms with E-state index in [0.29, 0.717) is 18.0 Å². The van der Waals surface area contributed by atoms with E-state index in [1.165, 1.54) is 4.90 Å². The number of amides is 2. The Balaban J connectivity index is 1.98. The Bertz CT molecular complexity index is 1090. The number of alkyl halides is 1. The Kier molecular flexibility index (Phi) is 10.1. The van der Waals surface area contributed by atoms with Crippen LogP contribution in [0.3, 0.4) is 0 Å². The van der Waals surface area contributed by atoms with Crippen LogP contribution in [0.1, 0.15) is 18.0 Å². The molecule has 0 radical (unpaired) electrons. The number of carbonyl (C=O) groups is 2. The second-order valence-corrected chi connectivity index (χ2v) is 9.20. The van der Waals surface area contributed by atoms with Gasteiger partial charge in [0, 0.05) is 31.8 Å². The van der Waals surface area contributed by atoms with Crippen molar-refractivity contribution in [1.82, 2.24) is 19.9 Å². The van der Waals surface area contributed by atoms with Crippen molar-refractivity contribution in [2.75, 3.05) is 60.8 Å². The fraction of sp³-hybridized carbons (Fsp3) is 0.500. The Hall–Kier alpha value is -2.97. The van der Waals surface area contributed by atoms with Crippen LogP contribution in [0.25, 0.3) is 0 Å². The van der Waals surface area contributed by atoms with Crippen LogP contribution in [-0.4, -0.2) is 99.9 Å². The molecule has 2 aromatic rings. The van der Waals surface area contributed by atoms with Crippen molar-refractivity contribution < 1.29 is 19.8 Å². The maximum atomic E-state index is 12.2. The third-order valence-corrected chi connectivity index (χ3v) is 6.42. The first kappa shape index (κ1) is 28.6. The number of carbonyl (C=O) groups excluding carboxylic acids is 2. The van der Waals surface area contributed by atoms with Crippen molar-refractivity contribution in [3.05, 3.63) is 34.9 Å². The molecule has 1 aliphatic heterocycles. The summed E-state index contributed by atoms with van der Waals surface area (Å²) >= 11 is 12.1. The number of likely N-dealkylation sites (N-methyl/N-ethyl adjacent to an activating group) is 1. The van der Waals surface area contributed by atoms with Crippen LogP contribution in [0.5, 0.6) is 0 Å². The van der Waals surface area contributed by atoms with Crippen molar-refractivity contribution in [2.24, 2.45) is 11.5 Å². The van der Waals surface area contributed by atoms with E-state index >= 15 is 0 Å². The SMILES string of the molecule is CN(CC(N)O)c1nc(NC(CCO)c2ccccc2Cl)nc(N2CCN(C(=O)CCl)C(C(N)=O)C2)n1. The number of halogens is 2. The highest BCUT2D eigenvalue weighted by molar-refractivity contribution is 6.31. The molecule has 0 aliphatic carbocycles. The third-order valence-electron chi connectivity index (χ3n) is 5.84. The first-order valence-corrected chi connectivity index (χ1v) is 12.5. The third kappa shape index (κ3) is 7.29. The molecule has 3 atom stereocenters.